The lowest BCUT2D eigenvalue weighted by Crippen LogP contribution is -2.14. The molecule has 0 amide bonds. The van der Waals surface area contributed by atoms with Crippen LogP contribution in [0.1, 0.15) is 43.8 Å². The van der Waals surface area contributed by atoms with E-state index in [1.165, 1.54) is 38.2 Å². The van der Waals surface area contributed by atoms with Gasteiger partial charge in [0.05, 0.1) is 10.7 Å². The Balaban J connectivity index is 1.85. The molecule has 0 unspecified atom stereocenters. The summed E-state index contributed by atoms with van der Waals surface area (Å²) in [4.78, 5) is 4.55. The van der Waals surface area contributed by atoms with Crippen molar-refractivity contribution >= 4 is 23.2 Å². The van der Waals surface area contributed by atoms with Gasteiger partial charge in [0.2, 0.25) is 5.95 Å². The fourth-order valence-corrected chi connectivity index (χ4v) is 3.13. The van der Waals surface area contributed by atoms with Crippen molar-refractivity contribution in [2.24, 2.45) is 0 Å². The number of anilines is 2. The maximum absolute atomic E-state index is 13.2. The number of aromatic nitrogens is 2. The zero-order valence-corrected chi connectivity index (χ0v) is 12.8. The molecule has 1 N–H and O–H groups in total. The number of halogens is 2. The highest BCUT2D eigenvalue weighted by atomic mass is 35.5. The van der Waals surface area contributed by atoms with E-state index in [4.69, 9.17) is 11.6 Å². The summed E-state index contributed by atoms with van der Waals surface area (Å²) in [5, 5.41) is 3.38. The number of aryl methyl sites for hydroxylation is 1. The van der Waals surface area contributed by atoms with Gasteiger partial charge >= 0.3 is 0 Å². The third kappa shape index (κ3) is 3.21. The maximum atomic E-state index is 13.2. The Hall–Kier alpha value is -1.55. The summed E-state index contributed by atoms with van der Waals surface area (Å²) >= 11 is 5.83. The van der Waals surface area contributed by atoms with E-state index in [0.717, 1.165) is 17.3 Å². The van der Waals surface area contributed by atoms with Crippen LogP contribution >= 0.6 is 11.6 Å². The van der Waals surface area contributed by atoms with Gasteiger partial charge in [-0.2, -0.15) is 0 Å². The first-order chi connectivity index (χ1) is 10.1. The van der Waals surface area contributed by atoms with Crippen LogP contribution in [0.2, 0.25) is 5.02 Å². The second-order valence-corrected chi connectivity index (χ2v) is 6.07. The molecule has 1 heterocycles. The summed E-state index contributed by atoms with van der Waals surface area (Å²) in [5.74, 6) is 0.399. The molecule has 1 aromatic carbocycles. The third-order valence-electron chi connectivity index (χ3n) is 4.00. The largest absolute Gasteiger partial charge is 0.326 e. The van der Waals surface area contributed by atoms with E-state index in [0.29, 0.717) is 6.04 Å². The molecule has 0 atom stereocenters. The van der Waals surface area contributed by atoms with Crippen LogP contribution in [0.25, 0.3) is 0 Å². The number of rotatable bonds is 3. The van der Waals surface area contributed by atoms with E-state index < -0.39 is 5.82 Å². The minimum Gasteiger partial charge on any atom is -0.326 e. The summed E-state index contributed by atoms with van der Waals surface area (Å²) in [5.41, 5.74) is 1.74. The standard InChI is InChI=1S/C16H19ClFN3/c1-11-10-21(13-5-3-2-4-6-13)16(19-11)20-12-7-8-15(18)14(17)9-12/h7-10,13H,2-6H2,1H3,(H,19,20). The second kappa shape index (κ2) is 6.06. The molecule has 1 aliphatic rings. The van der Waals surface area contributed by atoms with Crippen LogP contribution in [-0.2, 0) is 0 Å². The molecule has 0 spiro atoms. The molecular formula is C16H19ClFN3. The number of nitrogens with zero attached hydrogens (tertiary/aromatic N) is 2. The van der Waals surface area contributed by atoms with E-state index in [1.54, 1.807) is 12.1 Å². The zero-order chi connectivity index (χ0) is 14.8. The van der Waals surface area contributed by atoms with Crippen LogP contribution in [0.3, 0.4) is 0 Å². The molecule has 1 saturated carbocycles. The number of nitrogens with one attached hydrogen (secondary N) is 1. The van der Waals surface area contributed by atoms with Gasteiger partial charge in [0.1, 0.15) is 5.82 Å². The van der Waals surface area contributed by atoms with Crippen LogP contribution in [-0.4, -0.2) is 9.55 Å². The number of hydrogen-bond acceptors (Lipinski definition) is 2. The second-order valence-electron chi connectivity index (χ2n) is 5.66. The van der Waals surface area contributed by atoms with Gasteiger partial charge in [-0.1, -0.05) is 30.9 Å². The Bertz CT molecular complexity index is 632. The van der Waals surface area contributed by atoms with Crippen molar-refractivity contribution in [2.45, 2.75) is 45.1 Å². The summed E-state index contributed by atoms with van der Waals surface area (Å²) in [6, 6.07) is 5.13. The molecule has 0 bridgehead atoms. The van der Waals surface area contributed by atoms with Gasteiger partial charge in [-0.15, -0.1) is 0 Å². The lowest BCUT2D eigenvalue weighted by Gasteiger charge is -2.24. The predicted molar refractivity (Wildman–Crippen MR) is 83.8 cm³/mol. The van der Waals surface area contributed by atoms with Crippen molar-refractivity contribution in [1.82, 2.24) is 9.55 Å². The normalized spacial score (nSPS) is 16.1. The maximum Gasteiger partial charge on any atom is 0.207 e. The highest BCUT2D eigenvalue weighted by Crippen LogP contribution is 2.32. The molecule has 0 saturated heterocycles. The molecule has 1 aliphatic carbocycles. The first-order valence-corrected chi connectivity index (χ1v) is 7.79. The number of imidazole rings is 1. The van der Waals surface area contributed by atoms with Crippen LogP contribution in [0.15, 0.2) is 24.4 Å². The van der Waals surface area contributed by atoms with Gasteiger partial charge in [0.15, 0.2) is 0 Å². The van der Waals surface area contributed by atoms with Gasteiger partial charge in [-0.3, -0.25) is 0 Å². The van der Waals surface area contributed by atoms with Crippen molar-refractivity contribution in [3.63, 3.8) is 0 Å². The fraction of sp³-hybridized carbons (Fsp3) is 0.438. The minimum absolute atomic E-state index is 0.118. The average molecular weight is 308 g/mol. The molecule has 3 nitrogen and oxygen atoms in total. The Morgan fingerprint density at radius 2 is 2.05 bits per heavy atom. The van der Waals surface area contributed by atoms with Gasteiger partial charge in [-0.25, -0.2) is 9.37 Å². The quantitative estimate of drug-likeness (QED) is 0.841. The molecule has 112 valence electrons. The number of benzene rings is 1. The van der Waals surface area contributed by atoms with Gasteiger partial charge in [-0.05, 0) is 38.0 Å². The average Bonchev–Trinajstić information content (AvgIpc) is 2.85. The lowest BCUT2D eigenvalue weighted by molar-refractivity contribution is 0.356. The first kappa shape index (κ1) is 14.4. The molecule has 2 aromatic rings. The van der Waals surface area contributed by atoms with Crippen molar-refractivity contribution in [3.05, 3.63) is 40.9 Å². The van der Waals surface area contributed by atoms with Crippen LogP contribution in [0, 0.1) is 12.7 Å². The molecule has 1 aromatic heterocycles. The van der Waals surface area contributed by atoms with E-state index >= 15 is 0 Å². The minimum atomic E-state index is -0.408. The van der Waals surface area contributed by atoms with Crippen molar-refractivity contribution in [3.8, 4) is 0 Å². The van der Waals surface area contributed by atoms with Crippen LogP contribution in [0.4, 0.5) is 16.0 Å². The Morgan fingerprint density at radius 3 is 2.76 bits per heavy atom. The Morgan fingerprint density at radius 1 is 1.29 bits per heavy atom. The Labute approximate surface area is 129 Å². The van der Waals surface area contributed by atoms with Crippen LogP contribution < -0.4 is 5.32 Å². The van der Waals surface area contributed by atoms with Crippen LogP contribution in [0.5, 0.6) is 0 Å². The smallest absolute Gasteiger partial charge is 0.207 e. The first-order valence-electron chi connectivity index (χ1n) is 7.41. The molecule has 21 heavy (non-hydrogen) atoms. The predicted octanol–water partition coefficient (Wildman–Crippen LogP) is 5.23. The summed E-state index contributed by atoms with van der Waals surface area (Å²) in [6.45, 7) is 1.99. The van der Waals surface area contributed by atoms with E-state index in [9.17, 15) is 4.39 Å². The molecule has 5 heteroatoms. The monoisotopic (exact) mass is 307 g/mol. The van der Waals surface area contributed by atoms with Crippen molar-refractivity contribution < 1.29 is 4.39 Å². The Kier molecular flexibility index (Phi) is 4.15. The number of hydrogen-bond donors (Lipinski definition) is 1. The summed E-state index contributed by atoms with van der Waals surface area (Å²) in [6.07, 6.45) is 8.32. The summed E-state index contributed by atoms with van der Waals surface area (Å²) in [7, 11) is 0. The molecule has 3 rings (SSSR count). The molecule has 0 aliphatic heterocycles. The SMILES string of the molecule is Cc1cn(C2CCCCC2)c(Nc2ccc(F)c(Cl)c2)n1. The third-order valence-corrected chi connectivity index (χ3v) is 4.29. The highest BCUT2D eigenvalue weighted by molar-refractivity contribution is 6.31. The van der Waals surface area contributed by atoms with Gasteiger partial charge in [0, 0.05) is 17.9 Å². The van der Waals surface area contributed by atoms with Crippen molar-refractivity contribution in [1.29, 1.82) is 0 Å². The summed E-state index contributed by atoms with van der Waals surface area (Å²) < 4.78 is 15.4. The van der Waals surface area contributed by atoms with Gasteiger partial charge in [0.25, 0.3) is 0 Å². The van der Waals surface area contributed by atoms with E-state index in [-0.39, 0.29) is 5.02 Å². The van der Waals surface area contributed by atoms with Gasteiger partial charge < -0.3 is 9.88 Å². The highest BCUT2D eigenvalue weighted by Gasteiger charge is 2.19. The lowest BCUT2D eigenvalue weighted by atomic mass is 9.95. The molecule has 1 fully saturated rings. The molecular weight excluding hydrogens is 289 g/mol. The molecule has 0 radical (unpaired) electrons. The fourth-order valence-electron chi connectivity index (χ4n) is 2.95. The topological polar surface area (TPSA) is 29.9 Å². The van der Waals surface area contributed by atoms with E-state index in [2.05, 4.69) is 21.1 Å². The zero-order valence-electron chi connectivity index (χ0n) is 12.1. The van der Waals surface area contributed by atoms with Crippen molar-refractivity contribution in [2.75, 3.05) is 5.32 Å². The van der Waals surface area contributed by atoms with E-state index in [1.807, 2.05) is 6.92 Å².